The van der Waals surface area contributed by atoms with Crippen molar-refractivity contribution in [2.45, 2.75) is 399 Å². The van der Waals surface area contributed by atoms with E-state index in [1.54, 1.807) is 0 Å². The van der Waals surface area contributed by atoms with Crippen molar-refractivity contribution in [1.29, 1.82) is 0 Å². The summed E-state index contributed by atoms with van der Waals surface area (Å²) in [6.07, 6.45) is 76.5. The van der Waals surface area contributed by atoms with Crippen molar-refractivity contribution in [3.8, 4) is 0 Å². The van der Waals surface area contributed by atoms with Crippen LogP contribution in [0.15, 0.2) is 12.2 Å². The highest BCUT2D eigenvalue weighted by Gasteiger charge is 2.19. The van der Waals surface area contributed by atoms with Gasteiger partial charge in [0.2, 0.25) is 0 Å². The number of carbonyl (C=O) groups excluding carboxylic acids is 3. The minimum atomic E-state index is -0.768. The zero-order chi connectivity index (χ0) is 54.3. The van der Waals surface area contributed by atoms with Crippen LogP contribution in [0.25, 0.3) is 0 Å². The normalized spacial score (nSPS) is 12.0. The van der Waals surface area contributed by atoms with Gasteiger partial charge in [-0.1, -0.05) is 341 Å². The molecule has 0 aromatic carbocycles. The summed E-state index contributed by atoms with van der Waals surface area (Å²) in [7, 11) is 0. The first-order chi connectivity index (χ1) is 37.0. The second kappa shape index (κ2) is 64.7. The monoisotopic (exact) mass is 1060 g/mol. The quantitative estimate of drug-likeness (QED) is 0.0261. The van der Waals surface area contributed by atoms with E-state index in [1.165, 1.54) is 295 Å². The van der Waals surface area contributed by atoms with E-state index >= 15 is 0 Å². The lowest BCUT2D eigenvalue weighted by atomic mass is 10.0. The van der Waals surface area contributed by atoms with Crippen LogP contribution < -0.4 is 0 Å². The summed E-state index contributed by atoms with van der Waals surface area (Å²) in [5, 5.41) is 0. The number of ether oxygens (including phenoxy) is 3. The Balaban J connectivity index is 4.28. The van der Waals surface area contributed by atoms with Gasteiger partial charge in [0.25, 0.3) is 0 Å². The molecule has 0 aliphatic heterocycles. The highest BCUT2D eigenvalue weighted by molar-refractivity contribution is 5.71. The summed E-state index contributed by atoms with van der Waals surface area (Å²) in [5.41, 5.74) is 0. The molecule has 0 spiro atoms. The summed E-state index contributed by atoms with van der Waals surface area (Å²) in [6, 6.07) is 0. The molecule has 0 amide bonds. The number of carbonyl (C=O) groups is 3. The number of allylic oxidation sites excluding steroid dienone is 2. The number of hydrogen-bond acceptors (Lipinski definition) is 6. The molecule has 0 N–H and O–H groups in total. The molecule has 0 aliphatic carbocycles. The van der Waals surface area contributed by atoms with E-state index in [0.717, 1.165) is 57.8 Å². The van der Waals surface area contributed by atoms with Crippen LogP contribution in [-0.2, 0) is 28.6 Å². The lowest BCUT2D eigenvalue weighted by Crippen LogP contribution is -2.30. The molecule has 0 saturated heterocycles. The standard InChI is InChI=1S/C69H132O6/c1-4-7-10-13-16-19-22-25-28-31-33-34-36-38-41-44-47-50-53-56-59-62-68(71)74-65-66(64-73-67(70)61-58-55-52-49-46-43-40-37-30-27-24-21-18-15-12-9-6-3)75-69(72)63-60-57-54-51-48-45-42-39-35-32-29-26-23-20-17-14-11-8-5-2/h27,30,66H,4-26,28-29,31-65H2,1-3H3/b30-27-/t66-/m1/s1. The van der Waals surface area contributed by atoms with E-state index in [2.05, 4.69) is 32.9 Å². The maximum Gasteiger partial charge on any atom is 0.306 e. The van der Waals surface area contributed by atoms with Gasteiger partial charge in [0.1, 0.15) is 13.2 Å². The van der Waals surface area contributed by atoms with E-state index in [-0.39, 0.29) is 31.1 Å². The van der Waals surface area contributed by atoms with Crippen LogP contribution in [0.2, 0.25) is 0 Å². The molecule has 444 valence electrons. The first-order valence-electron chi connectivity index (χ1n) is 34.2. The second-order valence-electron chi connectivity index (χ2n) is 23.5. The molecule has 0 fully saturated rings. The largest absolute Gasteiger partial charge is 0.462 e. The molecule has 0 aromatic heterocycles. The molecule has 0 heterocycles. The Kier molecular flexibility index (Phi) is 63.1. The van der Waals surface area contributed by atoms with Crippen LogP contribution in [0.5, 0.6) is 0 Å². The third kappa shape index (κ3) is 62.9. The van der Waals surface area contributed by atoms with Gasteiger partial charge in [-0.05, 0) is 44.9 Å². The predicted octanol–water partition coefficient (Wildman–Crippen LogP) is 23.2. The number of hydrogen-bond donors (Lipinski definition) is 0. The second-order valence-corrected chi connectivity index (χ2v) is 23.5. The van der Waals surface area contributed by atoms with Crippen molar-refractivity contribution in [3.05, 3.63) is 12.2 Å². The van der Waals surface area contributed by atoms with Crippen molar-refractivity contribution in [3.63, 3.8) is 0 Å². The first-order valence-corrected chi connectivity index (χ1v) is 34.2. The molecule has 75 heavy (non-hydrogen) atoms. The molecule has 6 nitrogen and oxygen atoms in total. The maximum absolute atomic E-state index is 12.9. The van der Waals surface area contributed by atoms with Gasteiger partial charge >= 0.3 is 17.9 Å². The third-order valence-corrected chi connectivity index (χ3v) is 15.8. The smallest absolute Gasteiger partial charge is 0.306 e. The molecule has 0 radical (unpaired) electrons. The highest BCUT2D eigenvalue weighted by Crippen LogP contribution is 2.19. The molecule has 0 unspecified atom stereocenters. The molecule has 1 atom stereocenters. The van der Waals surface area contributed by atoms with Crippen molar-refractivity contribution >= 4 is 17.9 Å². The summed E-state index contributed by atoms with van der Waals surface area (Å²) in [4.78, 5) is 38.4. The van der Waals surface area contributed by atoms with Crippen LogP contribution in [0, 0.1) is 0 Å². The van der Waals surface area contributed by atoms with Crippen molar-refractivity contribution < 1.29 is 28.6 Å². The third-order valence-electron chi connectivity index (χ3n) is 15.8. The van der Waals surface area contributed by atoms with E-state index < -0.39 is 6.10 Å². The lowest BCUT2D eigenvalue weighted by Gasteiger charge is -2.18. The Morgan fingerprint density at radius 2 is 0.440 bits per heavy atom. The van der Waals surface area contributed by atoms with Gasteiger partial charge in [-0.25, -0.2) is 0 Å². The highest BCUT2D eigenvalue weighted by atomic mass is 16.6. The van der Waals surface area contributed by atoms with Crippen LogP contribution in [0.3, 0.4) is 0 Å². The average molecular weight is 1060 g/mol. The Morgan fingerprint density at radius 3 is 0.667 bits per heavy atom. The summed E-state index contributed by atoms with van der Waals surface area (Å²) in [6.45, 7) is 6.72. The summed E-state index contributed by atoms with van der Waals surface area (Å²) >= 11 is 0. The molecule has 0 saturated carbocycles. The fraction of sp³-hybridized carbons (Fsp3) is 0.928. The van der Waals surface area contributed by atoms with Crippen LogP contribution in [-0.4, -0.2) is 37.2 Å². The fourth-order valence-corrected chi connectivity index (χ4v) is 10.6. The minimum absolute atomic E-state index is 0.0643. The van der Waals surface area contributed by atoms with Gasteiger partial charge in [-0.2, -0.15) is 0 Å². The van der Waals surface area contributed by atoms with Gasteiger partial charge in [-0.3, -0.25) is 14.4 Å². The van der Waals surface area contributed by atoms with Crippen LogP contribution >= 0.6 is 0 Å². The van der Waals surface area contributed by atoms with Crippen molar-refractivity contribution in [1.82, 2.24) is 0 Å². The molecule has 6 heteroatoms. The molecular weight excluding hydrogens is 925 g/mol. The first kappa shape index (κ1) is 73.2. The minimum Gasteiger partial charge on any atom is -0.462 e. The molecular formula is C69H132O6. The summed E-state index contributed by atoms with van der Waals surface area (Å²) in [5.74, 6) is -0.833. The number of unbranched alkanes of at least 4 members (excludes halogenated alkanes) is 51. The predicted molar refractivity (Wildman–Crippen MR) is 326 cm³/mol. The number of rotatable bonds is 64. The Hall–Kier alpha value is -1.85. The van der Waals surface area contributed by atoms with Gasteiger partial charge in [0.15, 0.2) is 6.10 Å². The van der Waals surface area contributed by atoms with Crippen molar-refractivity contribution in [2.75, 3.05) is 13.2 Å². The topological polar surface area (TPSA) is 78.9 Å². The van der Waals surface area contributed by atoms with E-state index in [1.807, 2.05) is 0 Å². The lowest BCUT2D eigenvalue weighted by molar-refractivity contribution is -0.167. The zero-order valence-corrected chi connectivity index (χ0v) is 51.1. The van der Waals surface area contributed by atoms with E-state index in [9.17, 15) is 14.4 Å². The SMILES string of the molecule is CCCCCCCC/C=C\CCCCCCCCCC(=O)OC[C@H](COC(=O)CCCCCCCCCCCCCCCCCCCCCCC)OC(=O)CCCCCCCCCCCCCCCCCCCCC. The Labute approximate surface area is 469 Å². The van der Waals surface area contributed by atoms with Gasteiger partial charge in [-0.15, -0.1) is 0 Å². The zero-order valence-electron chi connectivity index (χ0n) is 51.1. The molecule has 0 aromatic rings. The Bertz CT molecular complexity index is 1170. The van der Waals surface area contributed by atoms with Crippen molar-refractivity contribution in [2.24, 2.45) is 0 Å². The van der Waals surface area contributed by atoms with Gasteiger partial charge < -0.3 is 14.2 Å². The maximum atomic E-state index is 12.9. The Morgan fingerprint density at radius 1 is 0.253 bits per heavy atom. The van der Waals surface area contributed by atoms with Crippen LogP contribution in [0.4, 0.5) is 0 Å². The summed E-state index contributed by atoms with van der Waals surface area (Å²) < 4.78 is 17.0. The molecule has 0 aliphatic rings. The van der Waals surface area contributed by atoms with E-state index in [0.29, 0.717) is 19.3 Å². The fourth-order valence-electron chi connectivity index (χ4n) is 10.6. The number of esters is 3. The molecule has 0 rings (SSSR count). The van der Waals surface area contributed by atoms with Crippen LogP contribution in [0.1, 0.15) is 393 Å². The molecule has 0 bridgehead atoms. The van der Waals surface area contributed by atoms with E-state index in [4.69, 9.17) is 14.2 Å². The van der Waals surface area contributed by atoms with Gasteiger partial charge in [0, 0.05) is 19.3 Å². The average Bonchev–Trinajstić information content (AvgIpc) is 3.41. The van der Waals surface area contributed by atoms with Gasteiger partial charge in [0.05, 0.1) is 0 Å².